The Labute approximate surface area is 400 Å². The third kappa shape index (κ3) is 6.01. The van der Waals surface area contributed by atoms with Crippen LogP contribution in [-0.4, -0.2) is 27.2 Å². The summed E-state index contributed by atoms with van der Waals surface area (Å²) < 4.78 is 4.83. The van der Waals surface area contributed by atoms with E-state index in [2.05, 4.69) is 258 Å². The standard InChI is InChI=1S/C64H42N4Si/c1-3-19-44(20-4-1)64-65-56(43-35-37-49(38-36-43)69(48-21-5-2-6-22-48)62-33-17-11-27-54(62)55-28-12-18-34-63(55)69)42-57(66-64)45-39-46(67-58-29-13-7-23-50(58)51-24-8-14-30-59(51)67)41-47(40-45)68-60-31-15-9-25-52(60)53-26-10-16-32-61(53)68/h1-42H. The van der Waals surface area contributed by atoms with Gasteiger partial charge in [-0.3, -0.25) is 0 Å². The van der Waals surface area contributed by atoms with Gasteiger partial charge in [-0.15, -0.1) is 0 Å². The van der Waals surface area contributed by atoms with Crippen molar-refractivity contribution in [3.8, 4) is 56.4 Å². The minimum absolute atomic E-state index is 0.682. The van der Waals surface area contributed by atoms with Gasteiger partial charge >= 0.3 is 0 Å². The summed E-state index contributed by atoms with van der Waals surface area (Å²) in [5.41, 5.74) is 14.1. The van der Waals surface area contributed by atoms with Crippen molar-refractivity contribution in [3.63, 3.8) is 0 Å². The zero-order valence-electron chi connectivity index (χ0n) is 37.5. The third-order valence-corrected chi connectivity index (χ3v) is 19.3. The van der Waals surface area contributed by atoms with Gasteiger partial charge in [0.25, 0.3) is 0 Å². The molecule has 4 nitrogen and oxygen atoms in total. The molecular weight excluding hydrogens is 853 g/mol. The second kappa shape index (κ2) is 15.6. The molecule has 10 aromatic carbocycles. The molecule has 1 aliphatic rings. The van der Waals surface area contributed by atoms with Gasteiger partial charge < -0.3 is 9.13 Å². The lowest BCUT2D eigenvalue weighted by molar-refractivity contribution is 1.13. The van der Waals surface area contributed by atoms with Crippen molar-refractivity contribution in [2.75, 3.05) is 0 Å². The molecule has 0 radical (unpaired) electrons. The fourth-order valence-electron chi connectivity index (χ4n) is 11.5. The number of rotatable bonds is 7. The van der Waals surface area contributed by atoms with Gasteiger partial charge in [-0.25, -0.2) is 9.97 Å². The summed E-state index contributed by atoms with van der Waals surface area (Å²) in [6.07, 6.45) is 0. The molecule has 14 rings (SSSR count). The SMILES string of the molecule is c1ccc(-c2nc(-c3ccc([Si]4(c5ccccc5)c5ccccc5-c5ccccc54)cc3)cc(-c3cc(-n4c5ccccc5c5ccccc54)cc(-n4c5ccccc5c5ccccc54)c3)n2)cc1. The van der Waals surface area contributed by atoms with Gasteiger partial charge in [0.2, 0.25) is 0 Å². The molecule has 0 fully saturated rings. The number of fused-ring (bicyclic) bond motifs is 9. The van der Waals surface area contributed by atoms with E-state index in [1.54, 1.807) is 0 Å². The van der Waals surface area contributed by atoms with E-state index in [0.29, 0.717) is 5.82 Å². The maximum atomic E-state index is 5.45. The molecule has 0 unspecified atom stereocenters. The molecule has 69 heavy (non-hydrogen) atoms. The first kappa shape index (κ1) is 39.3. The van der Waals surface area contributed by atoms with E-state index in [-0.39, 0.29) is 0 Å². The Kier molecular flexibility index (Phi) is 8.88. The van der Waals surface area contributed by atoms with Gasteiger partial charge in [0.1, 0.15) is 0 Å². The molecule has 0 saturated carbocycles. The molecule has 1 aliphatic heterocycles. The summed E-state index contributed by atoms with van der Waals surface area (Å²) in [4.78, 5) is 10.8. The van der Waals surface area contributed by atoms with Crippen LogP contribution in [0.25, 0.3) is 100 Å². The lowest BCUT2D eigenvalue weighted by atomic mass is 10.0. The Morgan fingerprint density at radius 1 is 0.290 bits per heavy atom. The van der Waals surface area contributed by atoms with E-state index in [4.69, 9.17) is 9.97 Å². The minimum atomic E-state index is -2.66. The van der Waals surface area contributed by atoms with Crippen LogP contribution in [0.1, 0.15) is 0 Å². The monoisotopic (exact) mass is 894 g/mol. The lowest BCUT2D eigenvalue weighted by Gasteiger charge is -2.31. The molecule has 0 bridgehead atoms. The first-order chi connectivity index (χ1) is 34.2. The first-order valence-corrected chi connectivity index (χ1v) is 25.7. The normalized spacial score (nSPS) is 12.8. The Bertz CT molecular complexity index is 3850. The average Bonchev–Trinajstić information content (AvgIpc) is 4.06. The van der Waals surface area contributed by atoms with E-state index in [9.17, 15) is 0 Å². The molecule has 322 valence electrons. The molecule has 0 spiro atoms. The predicted molar refractivity (Wildman–Crippen MR) is 290 cm³/mol. The highest BCUT2D eigenvalue weighted by Gasteiger charge is 2.48. The van der Waals surface area contributed by atoms with E-state index >= 15 is 0 Å². The van der Waals surface area contributed by atoms with Crippen LogP contribution in [-0.2, 0) is 0 Å². The molecule has 13 aromatic rings. The topological polar surface area (TPSA) is 35.6 Å². The highest BCUT2D eigenvalue weighted by Crippen LogP contribution is 2.39. The van der Waals surface area contributed by atoms with E-state index in [1.165, 1.54) is 53.4 Å². The lowest BCUT2D eigenvalue weighted by Crippen LogP contribution is -2.72. The molecule has 0 atom stereocenters. The molecule has 5 heteroatoms. The summed E-state index contributed by atoms with van der Waals surface area (Å²) in [6.45, 7) is 0. The second-order valence-corrected chi connectivity index (χ2v) is 21.8. The summed E-state index contributed by atoms with van der Waals surface area (Å²) in [5, 5.41) is 10.5. The number of aromatic nitrogens is 4. The summed E-state index contributed by atoms with van der Waals surface area (Å²) in [5.74, 6) is 0.682. The molecule has 4 heterocycles. The fourth-order valence-corrected chi connectivity index (χ4v) is 16.6. The Morgan fingerprint density at radius 3 is 1.17 bits per heavy atom. The number of hydrogen-bond acceptors (Lipinski definition) is 2. The smallest absolute Gasteiger partial charge is 0.180 e. The van der Waals surface area contributed by atoms with Crippen LogP contribution in [0.2, 0.25) is 0 Å². The minimum Gasteiger partial charge on any atom is -0.309 e. The van der Waals surface area contributed by atoms with Crippen molar-refractivity contribution in [2.45, 2.75) is 0 Å². The van der Waals surface area contributed by atoms with Crippen LogP contribution in [0, 0.1) is 0 Å². The van der Waals surface area contributed by atoms with Gasteiger partial charge in [0, 0.05) is 49.6 Å². The molecule has 0 saturated heterocycles. The second-order valence-electron chi connectivity index (χ2n) is 18.1. The van der Waals surface area contributed by atoms with Crippen molar-refractivity contribution >= 4 is 72.4 Å². The van der Waals surface area contributed by atoms with E-state index in [0.717, 1.165) is 61.5 Å². The zero-order chi connectivity index (χ0) is 45.5. The van der Waals surface area contributed by atoms with Crippen LogP contribution >= 0.6 is 0 Å². The highest BCUT2D eigenvalue weighted by molar-refractivity contribution is 7.22. The molecular formula is C64H42N4Si. The summed E-state index contributed by atoms with van der Waals surface area (Å²) in [6, 6.07) is 93.1. The van der Waals surface area contributed by atoms with Crippen molar-refractivity contribution in [1.82, 2.24) is 19.1 Å². The molecule has 3 aromatic heterocycles. The Balaban J connectivity index is 1.00. The summed E-state index contributed by atoms with van der Waals surface area (Å²) in [7, 11) is -2.66. The molecule has 0 aliphatic carbocycles. The number of nitrogens with zero attached hydrogens (tertiary/aromatic N) is 4. The third-order valence-electron chi connectivity index (χ3n) is 14.4. The maximum absolute atomic E-state index is 5.45. The average molecular weight is 895 g/mol. The van der Waals surface area contributed by atoms with Gasteiger partial charge in [-0.05, 0) is 80.4 Å². The van der Waals surface area contributed by atoms with Crippen molar-refractivity contribution in [2.24, 2.45) is 0 Å². The fraction of sp³-hybridized carbons (Fsp3) is 0. The molecule has 0 amide bonds. The van der Waals surface area contributed by atoms with Gasteiger partial charge in [0.05, 0.1) is 33.5 Å². The van der Waals surface area contributed by atoms with Crippen molar-refractivity contribution in [1.29, 1.82) is 0 Å². The number of hydrogen-bond donors (Lipinski definition) is 0. The largest absolute Gasteiger partial charge is 0.309 e. The van der Waals surface area contributed by atoms with Crippen molar-refractivity contribution < 1.29 is 0 Å². The Morgan fingerprint density at radius 2 is 0.681 bits per heavy atom. The summed E-state index contributed by atoms with van der Waals surface area (Å²) >= 11 is 0. The Hall–Kier alpha value is -8.90. The highest BCUT2D eigenvalue weighted by atomic mass is 28.3. The first-order valence-electron chi connectivity index (χ1n) is 23.7. The zero-order valence-corrected chi connectivity index (χ0v) is 38.5. The van der Waals surface area contributed by atoms with Gasteiger partial charge in [-0.2, -0.15) is 0 Å². The number of para-hydroxylation sites is 4. The number of benzene rings is 10. The van der Waals surface area contributed by atoms with Crippen molar-refractivity contribution in [3.05, 3.63) is 255 Å². The van der Waals surface area contributed by atoms with Gasteiger partial charge in [-0.1, -0.05) is 206 Å². The predicted octanol–water partition coefficient (Wildman–Crippen LogP) is 13.0. The molecule has 0 N–H and O–H groups in total. The van der Waals surface area contributed by atoms with Crippen LogP contribution < -0.4 is 20.7 Å². The van der Waals surface area contributed by atoms with Crippen LogP contribution in [0.3, 0.4) is 0 Å². The van der Waals surface area contributed by atoms with Crippen LogP contribution in [0.15, 0.2) is 255 Å². The van der Waals surface area contributed by atoms with Crippen LogP contribution in [0.5, 0.6) is 0 Å². The van der Waals surface area contributed by atoms with E-state index < -0.39 is 8.07 Å². The maximum Gasteiger partial charge on any atom is 0.180 e. The van der Waals surface area contributed by atoms with Crippen LogP contribution in [0.4, 0.5) is 0 Å². The van der Waals surface area contributed by atoms with Gasteiger partial charge in [0.15, 0.2) is 13.9 Å². The quantitative estimate of drug-likeness (QED) is 0.149. The van der Waals surface area contributed by atoms with E-state index in [1.807, 2.05) is 6.07 Å².